The summed E-state index contributed by atoms with van der Waals surface area (Å²) in [5.41, 5.74) is 0.748. The number of hydrogen-bond donors (Lipinski definition) is 2. The first-order valence-corrected chi connectivity index (χ1v) is 8.03. The molecular formula is C12H13BrN2O4S. The van der Waals surface area contributed by atoms with Crippen molar-refractivity contribution in [2.24, 2.45) is 0 Å². The molecule has 0 fully saturated rings. The summed E-state index contributed by atoms with van der Waals surface area (Å²) in [7, 11) is -3.76. The van der Waals surface area contributed by atoms with Crippen molar-refractivity contribution in [2.45, 2.75) is 24.5 Å². The van der Waals surface area contributed by atoms with Crippen molar-refractivity contribution in [2.75, 3.05) is 0 Å². The minimum absolute atomic E-state index is 0.0442. The number of halogens is 1. The Morgan fingerprint density at radius 3 is 2.85 bits per heavy atom. The fourth-order valence-corrected chi connectivity index (χ4v) is 3.89. The van der Waals surface area contributed by atoms with Crippen molar-refractivity contribution in [1.82, 2.24) is 9.71 Å². The molecule has 0 spiro atoms. The van der Waals surface area contributed by atoms with Gasteiger partial charge < -0.3 is 9.52 Å². The number of aliphatic hydroxyl groups excluding tert-OH is 1. The number of pyridine rings is 1. The lowest BCUT2D eigenvalue weighted by atomic mass is 10.2. The maximum absolute atomic E-state index is 12.3. The van der Waals surface area contributed by atoms with Crippen molar-refractivity contribution in [3.05, 3.63) is 46.6 Å². The minimum atomic E-state index is -3.76. The van der Waals surface area contributed by atoms with E-state index in [1.165, 1.54) is 6.07 Å². The fourth-order valence-electron chi connectivity index (χ4n) is 1.66. The molecule has 0 bridgehead atoms. The highest BCUT2D eigenvalue weighted by atomic mass is 79.9. The van der Waals surface area contributed by atoms with Crippen LogP contribution in [0.4, 0.5) is 0 Å². The van der Waals surface area contributed by atoms with Gasteiger partial charge in [0.25, 0.3) is 0 Å². The average molecular weight is 361 g/mol. The van der Waals surface area contributed by atoms with Crippen LogP contribution in [-0.4, -0.2) is 18.5 Å². The van der Waals surface area contributed by atoms with E-state index in [9.17, 15) is 8.42 Å². The second-order valence-corrected chi connectivity index (χ2v) is 6.54. The maximum Gasteiger partial charge on any atom is 0.245 e. The number of sulfonamides is 1. The average Bonchev–Trinajstić information content (AvgIpc) is 2.81. The predicted molar refractivity (Wildman–Crippen MR) is 75.3 cm³/mol. The van der Waals surface area contributed by atoms with Gasteiger partial charge in [0.1, 0.15) is 17.3 Å². The number of hydrogen-bond acceptors (Lipinski definition) is 5. The van der Waals surface area contributed by atoms with Crippen molar-refractivity contribution < 1.29 is 17.9 Å². The van der Waals surface area contributed by atoms with Crippen LogP contribution in [0.1, 0.15) is 24.3 Å². The van der Waals surface area contributed by atoms with Crippen LogP contribution in [0.25, 0.3) is 0 Å². The highest BCUT2D eigenvalue weighted by Gasteiger charge is 2.24. The van der Waals surface area contributed by atoms with Crippen LogP contribution in [-0.2, 0) is 16.6 Å². The highest BCUT2D eigenvalue weighted by molar-refractivity contribution is 9.10. The van der Waals surface area contributed by atoms with Crippen molar-refractivity contribution in [3.63, 3.8) is 0 Å². The SMILES string of the molecule is CC(NS(=O)(=O)c1cc(CO)oc1Br)c1cccnc1. The first kappa shape index (κ1) is 15.2. The van der Waals surface area contributed by atoms with E-state index in [0.29, 0.717) is 0 Å². The summed E-state index contributed by atoms with van der Waals surface area (Å²) in [6.45, 7) is 1.35. The number of nitrogens with one attached hydrogen (secondary N) is 1. The summed E-state index contributed by atoms with van der Waals surface area (Å²) in [4.78, 5) is 3.90. The Morgan fingerprint density at radius 1 is 1.55 bits per heavy atom. The van der Waals surface area contributed by atoms with Gasteiger partial charge in [-0.25, -0.2) is 13.1 Å². The highest BCUT2D eigenvalue weighted by Crippen LogP contribution is 2.27. The standard InChI is InChI=1S/C12H13BrN2O4S/c1-8(9-3-2-4-14-6-9)15-20(17,18)11-5-10(7-16)19-12(11)13/h2-6,8,15-16H,7H2,1H3. The summed E-state index contributed by atoms with van der Waals surface area (Å²) in [6, 6.07) is 4.36. The van der Waals surface area contributed by atoms with Gasteiger partial charge in [-0.3, -0.25) is 4.98 Å². The van der Waals surface area contributed by atoms with Gasteiger partial charge in [0.15, 0.2) is 4.67 Å². The third-order valence-corrected chi connectivity index (χ3v) is 5.07. The first-order chi connectivity index (χ1) is 9.44. The summed E-state index contributed by atoms with van der Waals surface area (Å²) in [5, 5.41) is 8.96. The summed E-state index contributed by atoms with van der Waals surface area (Å²) >= 11 is 3.03. The predicted octanol–water partition coefficient (Wildman–Crippen LogP) is 1.97. The number of aromatic nitrogens is 1. The van der Waals surface area contributed by atoms with Gasteiger partial charge in [-0.1, -0.05) is 6.07 Å². The van der Waals surface area contributed by atoms with Gasteiger partial charge in [0, 0.05) is 24.5 Å². The van der Waals surface area contributed by atoms with Crippen LogP contribution in [0.5, 0.6) is 0 Å². The Kier molecular flexibility index (Phi) is 4.59. The maximum atomic E-state index is 12.3. The van der Waals surface area contributed by atoms with Gasteiger partial charge in [-0.05, 0) is 34.5 Å². The molecular weight excluding hydrogens is 348 g/mol. The number of aliphatic hydroxyl groups is 1. The molecule has 2 rings (SSSR count). The molecule has 8 heteroatoms. The molecule has 2 aromatic heterocycles. The lowest BCUT2D eigenvalue weighted by molar-refractivity contribution is 0.245. The second-order valence-electron chi connectivity index (χ2n) is 4.14. The molecule has 20 heavy (non-hydrogen) atoms. The van der Waals surface area contributed by atoms with Gasteiger partial charge >= 0.3 is 0 Å². The van der Waals surface area contributed by atoms with Crippen LogP contribution < -0.4 is 4.72 Å². The third kappa shape index (κ3) is 3.26. The monoisotopic (exact) mass is 360 g/mol. The molecule has 0 amide bonds. The smallest absolute Gasteiger partial charge is 0.245 e. The van der Waals surface area contributed by atoms with Crippen LogP contribution >= 0.6 is 15.9 Å². The lowest BCUT2D eigenvalue weighted by Gasteiger charge is -2.13. The largest absolute Gasteiger partial charge is 0.450 e. The number of rotatable bonds is 5. The van der Waals surface area contributed by atoms with E-state index >= 15 is 0 Å². The molecule has 1 atom stereocenters. The third-order valence-electron chi connectivity index (χ3n) is 2.67. The van der Waals surface area contributed by atoms with Gasteiger partial charge in [0.05, 0.1) is 0 Å². The molecule has 2 aromatic rings. The van der Waals surface area contributed by atoms with Gasteiger partial charge in [0.2, 0.25) is 10.0 Å². The number of furan rings is 1. The minimum Gasteiger partial charge on any atom is -0.450 e. The molecule has 0 radical (unpaired) electrons. The lowest BCUT2D eigenvalue weighted by Crippen LogP contribution is -2.26. The molecule has 2 heterocycles. The first-order valence-electron chi connectivity index (χ1n) is 5.75. The van der Waals surface area contributed by atoms with Crippen molar-refractivity contribution in [1.29, 1.82) is 0 Å². The molecule has 6 nitrogen and oxygen atoms in total. The van der Waals surface area contributed by atoms with E-state index in [-0.39, 0.29) is 21.9 Å². The Labute approximate surface area is 125 Å². The summed E-state index contributed by atoms with van der Waals surface area (Å²) < 4.78 is 32.2. The van der Waals surface area contributed by atoms with E-state index in [1.807, 2.05) is 0 Å². The van der Waals surface area contributed by atoms with E-state index in [4.69, 9.17) is 9.52 Å². The van der Waals surface area contributed by atoms with E-state index < -0.39 is 16.1 Å². The normalized spacial score (nSPS) is 13.3. The zero-order chi connectivity index (χ0) is 14.8. The van der Waals surface area contributed by atoms with Gasteiger partial charge in [-0.2, -0.15) is 0 Å². The zero-order valence-corrected chi connectivity index (χ0v) is 13.0. The molecule has 1 unspecified atom stereocenters. The molecule has 0 aliphatic rings. The Bertz CT molecular complexity index is 685. The summed E-state index contributed by atoms with van der Waals surface area (Å²) in [5.74, 6) is 0.172. The van der Waals surface area contributed by atoms with Crippen LogP contribution in [0, 0.1) is 0 Å². The van der Waals surface area contributed by atoms with Crippen molar-refractivity contribution >= 4 is 26.0 Å². The number of nitrogens with zero attached hydrogens (tertiary/aromatic N) is 1. The van der Waals surface area contributed by atoms with Crippen molar-refractivity contribution in [3.8, 4) is 0 Å². The van der Waals surface area contributed by atoms with Crippen LogP contribution in [0.2, 0.25) is 0 Å². The van der Waals surface area contributed by atoms with E-state index in [1.54, 1.807) is 31.5 Å². The Hall–Kier alpha value is -1.22. The summed E-state index contributed by atoms with van der Waals surface area (Å²) in [6.07, 6.45) is 3.21. The van der Waals surface area contributed by atoms with Crippen LogP contribution in [0.15, 0.2) is 44.6 Å². The van der Waals surface area contributed by atoms with E-state index in [2.05, 4.69) is 25.6 Å². The Morgan fingerprint density at radius 2 is 2.30 bits per heavy atom. The molecule has 0 saturated heterocycles. The van der Waals surface area contributed by atoms with E-state index in [0.717, 1.165) is 5.56 Å². The van der Waals surface area contributed by atoms with Crippen LogP contribution in [0.3, 0.4) is 0 Å². The second kappa shape index (κ2) is 6.04. The molecule has 2 N–H and O–H groups in total. The quantitative estimate of drug-likeness (QED) is 0.850. The topological polar surface area (TPSA) is 92.4 Å². The molecule has 0 aromatic carbocycles. The molecule has 0 aliphatic carbocycles. The van der Waals surface area contributed by atoms with Gasteiger partial charge in [-0.15, -0.1) is 0 Å². The molecule has 0 aliphatic heterocycles. The fraction of sp³-hybridized carbons (Fsp3) is 0.250. The zero-order valence-electron chi connectivity index (χ0n) is 10.6. The molecule has 108 valence electrons. The Balaban J connectivity index is 2.25. The molecule has 0 saturated carbocycles.